The van der Waals surface area contributed by atoms with Crippen LogP contribution in [-0.4, -0.2) is 23.1 Å². The van der Waals surface area contributed by atoms with E-state index in [1.165, 1.54) is 0 Å². The third kappa shape index (κ3) is 7.81. The van der Waals surface area contributed by atoms with Gasteiger partial charge in [0.2, 0.25) is 0 Å². The summed E-state index contributed by atoms with van der Waals surface area (Å²) in [6.45, 7) is 18.6. The molecule has 0 N–H and O–H groups in total. The molecule has 22 heavy (non-hydrogen) atoms. The summed E-state index contributed by atoms with van der Waals surface area (Å²) in [5, 5.41) is 0. The molecule has 4 heteroatoms. The predicted molar refractivity (Wildman–Crippen MR) is 88.5 cm³/mol. The van der Waals surface area contributed by atoms with Gasteiger partial charge in [0.05, 0.1) is 10.8 Å². The van der Waals surface area contributed by atoms with Crippen LogP contribution >= 0.6 is 0 Å². The van der Waals surface area contributed by atoms with Crippen molar-refractivity contribution < 1.29 is 19.1 Å². The van der Waals surface area contributed by atoms with Gasteiger partial charge in [0, 0.05) is 0 Å². The predicted octanol–water partition coefficient (Wildman–Crippen LogP) is 4.50. The van der Waals surface area contributed by atoms with Crippen molar-refractivity contribution in [2.75, 3.05) is 0 Å². The topological polar surface area (TPSA) is 52.6 Å². The lowest BCUT2D eigenvalue weighted by Crippen LogP contribution is -2.38. The molecule has 0 heterocycles. The second-order valence-electron chi connectivity index (χ2n) is 9.30. The number of hydrogen-bond donors (Lipinski definition) is 0. The highest BCUT2D eigenvalue weighted by Gasteiger charge is 2.35. The maximum absolute atomic E-state index is 12.0. The molecule has 0 radical (unpaired) electrons. The van der Waals surface area contributed by atoms with Crippen LogP contribution in [0.3, 0.4) is 0 Å². The molecule has 0 aliphatic heterocycles. The minimum atomic E-state index is -0.588. The number of carbonyl (C=O) groups is 2. The zero-order valence-corrected chi connectivity index (χ0v) is 16.0. The number of esters is 2. The van der Waals surface area contributed by atoms with Crippen LogP contribution in [0.1, 0.15) is 82.1 Å². The Balaban J connectivity index is 4.64. The van der Waals surface area contributed by atoms with Gasteiger partial charge in [-0.15, -0.1) is 0 Å². The van der Waals surface area contributed by atoms with Crippen molar-refractivity contribution in [3.63, 3.8) is 0 Å². The van der Waals surface area contributed by atoms with Crippen LogP contribution in [0.15, 0.2) is 0 Å². The molecule has 0 aromatic carbocycles. The Bertz CT molecular complexity index is 366. The molecule has 0 aliphatic rings. The highest BCUT2D eigenvalue weighted by molar-refractivity contribution is 5.76. The Hall–Kier alpha value is -1.06. The van der Waals surface area contributed by atoms with Crippen molar-refractivity contribution in [1.29, 1.82) is 0 Å². The van der Waals surface area contributed by atoms with Crippen molar-refractivity contribution in [3.8, 4) is 0 Å². The fourth-order valence-corrected chi connectivity index (χ4v) is 1.51. The fourth-order valence-electron chi connectivity index (χ4n) is 1.51. The summed E-state index contributed by atoms with van der Waals surface area (Å²) in [7, 11) is 0. The van der Waals surface area contributed by atoms with Crippen molar-refractivity contribution >= 4 is 11.9 Å². The van der Waals surface area contributed by atoms with Gasteiger partial charge in [-0.3, -0.25) is 9.59 Å². The highest BCUT2D eigenvalue weighted by atomic mass is 16.6. The van der Waals surface area contributed by atoms with Crippen molar-refractivity contribution in [2.24, 2.45) is 10.8 Å². The Morgan fingerprint density at radius 2 is 0.818 bits per heavy atom. The minimum Gasteiger partial charge on any atom is -0.459 e. The van der Waals surface area contributed by atoms with Gasteiger partial charge in [-0.1, -0.05) is 0 Å². The first kappa shape index (κ1) is 20.9. The van der Waals surface area contributed by atoms with Crippen LogP contribution in [0.4, 0.5) is 0 Å². The van der Waals surface area contributed by atoms with Crippen LogP contribution in [0.2, 0.25) is 0 Å². The average molecular weight is 314 g/mol. The van der Waals surface area contributed by atoms with Crippen molar-refractivity contribution in [3.05, 3.63) is 0 Å². The molecule has 0 aromatic heterocycles. The summed E-state index contributed by atoms with van der Waals surface area (Å²) in [5.74, 6) is -0.441. The zero-order chi connectivity index (χ0) is 18.0. The summed E-state index contributed by atoms with van der Waals surface area (Å²) < 4.78 is 11.2. The molecule has 0 rings (SSSR count). The average Bonchev–Trinajstić information content (AvgIpc) is 2.23. The van der Waals surface area contributed by atoms with E-state index in [1.807, 2.05) is 69.2 Å². The lowest BCUT2D eigenvalue weighted by Gasteiger charge is -2.34. The summed E-state index contributed by atoms with van der Waals surface area (Å²) >= 11 is 0. The Morgan fingerprint density at radius 1 is 0.591 bits per heavy atom. The van der Waals surface area contributed by atoms with Crippen LogP contribution in [-0.2, 0) is 19.1 Å². The van der Waals surface area contributed by atoms with Crippen LogP contribution < -0.4 is 0 Å². The minimum absolute atomic E-state index is 0.220. The van der Waals surface area contributed by atoms with Crippen molar-refractivity contribution in [2.45, 2.75) is 93.3 Å². The van der Waals surface area contributed by atoms with Gasteiger partial charge in [0.1, 0.15) is 11.2 Å². The van der Waals surface area contributed by atoms with Crippen LogP contribution in [0.5, 0.6) is 0 Å². The molecule has 130 valence electrons. The first-order chi connectivity index (χ1) is 9.46. The molecule has 0 saturated carbocycles. The lowest BCUT2D eigenvalue weighted by atomic mass is 9.91. The highest BCUT2D eigenvalue weighted by Crippen LogP contribution is 2.29. The van der Waals surface area contributed by atoms with E-state index in [9.17, 15) is 9.59 Å². The molecule has 0 atom stereocenters. The lowest BCUT2D eigenvalue weighted by molar-refractivity contribution is -0.173. The van der Waals surface area contributed by atoms with E-state index < -0.39 is 22.0 Å². The smallest absolute Gasteiger partial charge is 0.311 e. The van der Waals surface area contributed by atoms with E-state index >= 15 is 0 Å². The second-order valence-corrected chi connectivity index (χ2v) is 9.30. The Kier molecular flexibility index (Phi) is 6.27. The van der Waals surface area contributed by atoms with E-state index in [1.54, 1.807) is 0 Å². The molecule has 0 unspecified atom stereocenters. The van der Waals surface area contributed by atoms with E-state index in [0.29, 0.717) is 12.8 Å². The van der Waals surface area contributed by atoms with Gasteiger partial charge in [-0.2, -0.15) is 0 Å². The third-order valence-electron chi connectivity index (χ3n) is 3.29. The molecular formula is C18H34O4. The number of ether oxygens (including phenoxy) is 2. The zero-order valence-electron chi connectivity index (χ0n) is 16.0. The number of carbonyl (C=O) groups excluding carboxylic acids is 2. The second kappa shape index (κ2) is 6.59. The molecule has 0 aliphatic carbocycles. The third-order valence-corrected chi connectivity index (χ3v) is 3.29. The number of hydrogen-bond acceptors (Lipinski definition) is 4. The first-order valence-electron chi connectivity index (χ1n) is 7.93. The van der Waals surface area contributed by atoms with Crippen LogP contribution in [0, 0.1) is 10.8 Å². The van der Waals surface area contributed by atoms with E-state index in [0.717, 1.165) is 0 Å². The monoisotopic (exact) mass is 314 g/mol. The van der Waals surface area contributed by atoms with Gasteiger partial charge < -0.3 is 9.47 Å². The number of rotatable bonds is 5. The van der Waals surface area contributed by atoms with Crippen LogP contribution in [0.25, 0.3) is 0 Å². The van der Waals surface area contributed by atoms with E-state index in [2.05, 4.69) is 0 Å². The summed E-state index contributed by atoms with van der Waals surface area (Å²) in [5.41, 5.74) is -2.22. The normalized spacial score (nSPS) is 13.7. The van der Waals surface area contributed by atoms with Gasteiger partial charge in [-0.25, -0.2) is 0 Å². The van der Waals surface area contributed by atoms with Crippen molar-refractivity contribution in [1.82, 2.24) is 0 Å². The Labute approximate surface area is 135 Å². The largest absolute Gasteiger partial charge is 0.459 e. The maximum Gasteiger partial charge on any atom is 0.311 e. The van der Waals surface area contributed by atoms with Gasteiger partial charge in [0.25, 0.3) is 0 Å². The summed E-state index contributed by atoms with van der Waals surface area (Å²) in [6.07, 6.45) is 1.25. The molecule has 0 spiro atoms. The maximum atomic E-state index is 12.0. The molecule has 0 saturated heterocycles. The molecular weight excluding hydrogens is 280 g/mol. The molecule has 0 aromatic rings. The molecule has 4 nitrogen and oxygen atoms in total. The fraction of sp³-hybridized carbons (Fsp3) is 0.889. The van der Waals surface area contributed by atoms with E-state index in [-0.39, 0.29) is 11.9 Å². The van der Waals surface area contributed by atoms with Gasteiger partial charge in [0.15, 0.2) is 0 Å². The quantitative estimate of drug-likeness (QED) is 0.701. The first-order valence-corrected chi connectivity index (χ1v) is 7.93. The molecule has 0 amide bonds. The SMILES string of the molecule is CC(C)(CCC(C)(C)OC(=O)C(C)(C)C)OC(=O)C(C)(C)C. The van der Waals surface area contributed by atoms with Gasteiger partial charge >= 0.3 is 11.9 Å². The summed E-state index contributed by atoms with van der Waals surface area (Å²) in [6, 6.07) is 0. The summed E-state index contributed by atoms with van der Waals surface area (Å²) in [4.78, 5) is 24.0. The standard InChI is InChI=1S/C18H34O4/c1-15(2,3)13(19)21-17(7,8)11-12-18(9,10)22-14(20)16(4,5)6/h11-12H2,1-10H3. The molecule has 0 fully saturated rings. The van der Waals surface area contributed by atoms with Gasteiger partial charge in [-0.05, 0) is 82.1 Å². The van der Waals surface area contributed by atoms with E-state index in [4.69, 9.17) is 9.47 Å². The Morgan fingerprint density at radius 3 is 1.00 bits per heavy atom. The molecule has 0 bridgehead atoms.